The van der Waals surface area contributed by atoms with Gasteiger partial charge in [-0.15, -0.1) is 0 Å². The highest BCUT2D eigenvalue weighted by Gasteiger charge is 2.30. The lowest BCUT2D eigenvalue weighted by Crippen LogP contribution is -2.28. The maximum Gasteiger partial charge on any atom is 0.416 e. The van der Waals surface area contributed by atoms with Crippen molar-refractivity contribution in [3.8, 4) is 0 Å². The Morgan fingerprint density at radius 1 is 1.04 bits per heavy atom. The van der Waals surface area contributed by atoms with Gasteiger partial charge in [0.05, 0.1) is 11.7 Å². The van der Waals surface area contributed by atoms with Crippen LogP contribution in [0, 0.1) is 0 Å². The molecule has 0 radical (unpaired) electrons. The van der Waals surface area contributed by atoms with Crippen molar-refractivity contribution in [1.82, 2.24) is 5.32 Å². The number of benzene rings is 2. The van der Waals surface area contributed by atoms with Crippen molar-refractivity contribution in [2.24, 2.45) is 0 Å². The number of nitrogens with one attached hydrogen (secondary N) is 1. The highest BCUT2D eigenvalue weighted by atomic mass is 19.4. The van der Waals surface area contributed by atoms with E-state index in [9.17, 15) is 23.1 Å². The molecule has 0 spiro atoms. The summed E-state index contributed by atoms with van der Waals surface area (Å²) in [5.74, 6) is -0.218. The molecule has 0 bridgehead atoms. The molecule has 0 aromatic heterocycles. The van der Waals surface area contributed by atoms with Gasteiger partial charge in [-0.25, -0.2) is 0 Å². The Labute approximate surface area is 138 Å². The number of alkyl halides is 3. The van der Waals surface area contributed by atoms with E-state index in [0.29, 0.717) is 12.0 Å². The van der Waals surface area contributed by atoms with Gasteiger partial charge in [0.1, 0.15) is 0 Å². The van der Waals surface area contributed by atoms with Crippen LogP contribution < -0.4 is 5.32 Å². The smallest absolute Gasteiger partial charge is 0.387 e. The largest absolute Gasteiger partial charge is 0.416 e. The van der Waals surface area contributed by atoms with Gasteiger partial charge in [-0.1, -0.05) is 42.5 Å². The minimum Gasteiger partial charge on any atom is -0.387 e. The second kappa shape index (κ2) is 7.97. The fraction of sp³-hybridized carbons (Fsp3) is 0.278. The third-order valence-corrected chi connectivity index (χ3v) is 3.60. The second-order valence-corrected chi connectivity index (χ2v) is 5.43. The summed E-state index contributed by atoms with van der Waals surface area (Å²) in [6.07, 6.45) is -4.59. The fourth-order valence-electron chi connectivity index (χ4n) is 2.21. The molecule has 2 aromatic carbocycles. The Kier molecular flexibility index (Phi) is 5.98. The van der Waals surface area contributed by atoms with E-state index in [0.717, 1.165) is 17.7 Å². The van der Waals surface area contributed by atoms with Crippen LogP contribution in [-0.2, 0) is 17.4 Å². The highest BCUT2D eigenvalue weighted by molar-refractivity contribution is 5.76. The van der Waals surface area contributed by atoms with Gasteiger partial charge in [0.25, 0.3) is 0 Å². The lowest BCUT2D eigenvalue weighted by molar-refractivity contribution is -0.137. The molecule has 0 aliphatic heterocycles. The third kappa shape index (κ3) is 5.38. The molecule has 0 heterocycles. The Balaban J connectivity index is 1.80. The Hall–Kier alpha value is -2.34. The van der Waals surface area contributed by atoms with Crippen LogP contribution in [0.4, 0.5) is 13.2 Å². The molecule has 0 fully saturated rings. The van der Waals surface area contributed by atoms with Gasteiger partial charge in [0.15, 0.2) is 0 Å². The maximum absolute atomic E-state index is 12.5. The molecule has 0 aliphatic rings. The quantitative estimate of drug-likeness (QED) is 0.848. The van der Waals surface area contributed by atoms with Crippen LogP contribution in [0.3, 0.4) is 0 Å². The van der Waals surface area contributed by atoms with Crippen LogP contribution >= 0.6 is 0 Å². The molecule has 0 saturated heterocycles. The molecular weight excluding hydrogens is 319 g/mol. The van der Waals surface area contributed by atoms with Crippen LogP contribution in [-0.4, -0.2) is 17.6 Å². The van der Waals surface area contributed by atoms with E-state index in [1.165, 1.54) is 12.1 Å². The van der Waals surface area contributed by atoms with E-state index in [-0.39, 0.29) is 18.9 Å². The van der Waals surface area contributed by atoms with Gasteiger partial charge in [0, 0.05) is 13.0 Å². The molecule has 3 nitrogen and oxygen atoms in total. The van der Waals surface area contributed by atoms with Crippen LogP contribution in [0.25, 0.3) is 0 Å². The van der Waals surface area contributed by atoms with Crippen molar-refractivity contribution >= 4 is 5.91 Å². The van der Waals surface area contributed by atoms with Gasteiger partial charge in [-0.05, 0) is 29.7 Å². The molecule has 24 heavy (non-hydrogen) atoms. The summed E-state index contributed by atoms with van der Waals surface area (Å²) < 4.78 is 37.4. The Bertz CT molecular complexity index is 654. The summed E-state index contributed by atoms with van der Waals surface area (Å²) >= 11 is 0. The lowest BCUT2D eigenvalue weighted by Gasteiger charge is -2.13. The van der Waals surface area contributed by atoms with E-state index >= 15 is 0 Å². The first-order valence-electron chi connectivity index (χ1n) is 7.52. The minimum atomic E-state index is -4.41. The molecule has 2 aromatic rings. The van der Waals surface area contributed by atoms with Crippen molar-refractivity contribution in [2.75, 3.05) is 6.54 Å². The molecule has 1 amide bonds. The zero-order valence-electron chi connectivity index (χ0n) is 12.9. The monoisotopic (exact) mass is 337 g/mol. The maximum atomic E-state index is 12.5. The minimum absolute atomic E-state index is 0.0427. The average molecular weight is 337 g/mol. The predicted octanol–water partition coefficient (Wildman–Crippen LogP) is 3.49. The van der Waals surface area contributed by atoms with E-state index in [1.807, 2.05) is 30.3 Å². The molecule has 2 N–H and O–H groups in total. The molecule has 128 valence electrons. The molecule has 0 saturated carbocycles. The van der Waals surface area contributed by atoms with Crippen LogP contribution in [0.15, 0.2) is 54.6 Å². The SMILES string of the molecule is O=C(CCc1ccccc1)NC[C@@H](O)c1ccc(C(F)(F)F)cc1. The summed E-state index contributed by atoms with van der Waals surface area (Å²) in [4.78, 5) is 11.8. The number of hydrogen-bond donors (Lipinski definition) is 2. The summed E-state index contributed by atoms with van der Waals surface area (Å²) in [6, 6.07) is 13.8. The van der Waals surface area contributed by atoms with Crippen molar-refractivity contribution in [3.05, 3.63) is 71.3 Å². The number of rotatable bonds is 6. The van der Waals surface area contributed by atoms with E-state index in [4.69, 9.17) is 0 Å². The summed E-state index contributed by atoms with van der Waals surface area (Å²) in [7, 11) is 0. The number of aliphatic hydroxyl groups is 1. The summed E-state index contributed by atoms with van der Waals surface area (Å²) in [5.41, 5.74) is 0.590. The predicted molar refractivity (Wildman–Crippen MR) is 84.2 cm³/mol. The number of carbonyl (C=O) groups excluding carboxylic acids is 1. The first-order valence-corrected chi connectivity index (χ1v) is 7.52. The van der Waals surface area contributed by atoms with Gasteiger partial charge in [-0.2, -0.15) is 13.2 Å². The van der Waals surface area contributed by atoms with Crippen LogP contribution in [0.5, 0.6) is 0 Å². The van der Waals surface area contributed by atoms with Crippen LogP contribution in [0.1, 0.15) is 29.2 Å². The fourth-order valence-corrected chi connectivity index (χ4v) is 2.21. The number of hydrogen-bond acceptors (Lipinski definition) is 2. The van der Waals surface area contributed by atoms with Crippen molar-refractivity contribution in [2.45, 2.75) is 25.1 Å². The first kappa shape index (κ1) is 18.0. The third-order valence-electron chi connectivity index (χ3n) is 3.60. The van der Waals surface area contributed by atoms with Crippen molar-refractivity contribution < 1.29 is 23.1 Å². The molecule has 6 heteroatoms. The Morgan fingerprint density at radius 3 is 2.25 bits per heavy atom. The number of amides is 1. The first-order chi connectivity index (χ1) is 11.4. The second-order valence-electron chi connectivity index (χ2n) is 5.43. The van der Waals surface area contributed by atoms with Gasteiger partial charge < -0.3 is 10.4 Å². The number of halogens is 3. The van der Waals surface area contributed by atoms with Gasteiger partial charge >= 0.3 is 6.18 Å². The summed E-state index contributed by atoms with van der Waals surface area (Å²) in [6.45, 7) is -0.0427. The molecule has 2 rings (SSSR count). The molecule has 0 aliphatic carbocycles. The van der Waals surface area contributed by atoms with E-state index < -0.39 is 17.8 Å². The van der Waals surface area contributed by atoms with Crippen molar-refractivity contribution in [1.29, 1.82) is 0 Å². The number of carbonyl (C=O) groups is 1. The van der Waals surface area contributed by atoms with Crippen molar-refractivity contribution in [3.63, 3.8) is 0 Å². The van der Waals surface area contributed by atoms with Crippen LogP contribution in [0.2, 0.25) is 0 Å². The summed E-state index contributed by atoms with van der Waals surface area (Å²) in [5, 5.41) is 12.5. The highest BCUT2D eigenvalue weighted by Crippen LogP contribution is 2.29. The molecule has 1 atom stereocenters. The van der Waals surface area contributed by atoms with Gasteiger partial charge in [-0.3, -0.25) is 4.79 Å². The van der Waals surface area contributed by atoms with E-state index in [2.05, 4.69) is 5.32 Å². The van der Waals surface area contributed by atoms with Gasteiger partial charge in [0.2, 0.25) is 5.91 Å². The Morgan fingerprint density at radius 2 is 1.67 bits per heavy atom. The zero-order chi connectivity index (χ0) is 17.6. The molecule has 0 unspecified atom stereocenters. The normalized spacial score (nSPS) is 12.7. The topological polar surface area (TPSA) is 49.3 Å². The average Bonchev–Trinajstić information content (AvgIpc) is 2.58. The molecular formula is C18H18F3NO2. The number of aryl methyl sites for hydroxylation is 1. The zero-order valence-corrected chi connectivity index (χ0v) is 12.9. The van der Waals surface area contributed by atoms with E-state index in [1.54, 1.807) is 0 Å². The standard InChI is InChI=1S/C18H18F3NO2/c19-18(20,21)15-9-7-14(8-10-15)16(23)12-22-17(24)11-6-13-4-2-1-3-5-13/h1-5,7-10,16,23H,6,11-12H2,(H,22,24)/t16-/m1/s1. The lowest BCUT2D eigenvalue weighted by atomic mass is 10.1. The number of aliphatic hydroxyl groups excluding tert-OH is 1.